The third-order valence-electron chi connectivity index (χ3n) is 3.97. The van der Waals surface area contributed by atoms with Gasteiger partial charge in [0, 0.05) is 19.1 Å². The Labute approximate surface area is 123 Å². The van der Waals surface area contributed by atoms with Crippen LogP contribution in [0.5, 0.6) is 0 Å². The van der Waals surface area contributed by atoms with E-state index in [0.29, 0.717) is 25.8 Å². The van der Waals surface area contributed by atoms with E-state index in [1.54, 1.807) is 0 Å². The van der Waals surface area contributed by atoms with Gasteiger partial charge in [-0.15, -0.1) is 0 Å². The van der Waals surface area contributed by atoms with Gasteiger partial charge in [0.25, 0.3) is 0 Å². The molecule has 0 aliphatic carbocycles. The third-order valence-corrected chi connectivity index (χ3v) is 3.97. The molecule has 0 aromatic heterocycles. The van der Waals surface area contributed by atoms with Crippen LogP contribution in [-0.4, -0.2) is 74.2 Å². The smallest absolute Gasteiger partial charge is 0.236 e. The zero-order chi connectivity index (χ0) is 14.8. The summed E-state index contributed by atoms with van der Waals surface area (Å²) in [4.78, 5) is 16.3. The Kier molecular flexibility index (Phi) is 8.82. The number of hydrogen-bond acceptors (Lipinski definition) is 4. The maximum Gasteiger partial charge on any atom is 0.236 e. The summed E-state index contributed by atoms with van der Waals surface area (Å²) < 4.78 is 5.25. The van der Waals surface area contributed by atoms with Crippen LogP contribution in [0.4, 0.5) is 0 Å². The van der Waals surface area contributed by atoms with Crippen molar-refractivity contribution in [3.63, 3.8) is 0 Å². The van der Waals surface area contributed by atoms with Gasteiger partial charge in [-0.25, -0.2) is 0 Å². The molecular formula is C15H31N3O2. The average molecular weight is 285 g/mol. The fourth-order valence-electron chi connectivity index (χ4n) is 2.45. The Bertz CT molecular complexity index is 264. The van der Waals surface area contributed by atoms with E-state index in [-0.39, 0.29) is 5.91 Å². The number of hydrogen-bond donors (Lipinski definition) is 1. The second-order valence-electron chi connectivity index (χ2n) is 5.44. The first-order valence-electron chi connectivity index (χ1n) is 7.98. The van der Waals surface area contributed by atoms with Gasteiger partial charge in [0.15, 0.2) is 0 Å². The molecule has 1 amide bonds. The van der Waals surface area contributed by atoms with Gasteiger partial charge < -0.3 is 19.9 Å². The maximum absolute atomic E-state index is 12.0. The lowest BCUT2D eigenvalue weighted by atomic mass is 10.1. The molecule has 1 N–H and O–H groups in total. The summed E-state index contributed by atoms with van der Waals surface area (Å²) in [5, 5.41) is 3.34. The van der Waals surface area contributed by atoms with Crippen molar-refractivity contribution in [1.29, 1.82) is 0 Å². The molecule has 1 aliphatic rings. The summed E-state index contributed by atoms with van der Waals surface area (Å²) in [6.45, 7) is 13.2. The molecule has 0 spiro atoms. The molecule has 1 unspecified atom stereocenters. The van der Waals surface area contributed by atoms with Crippen LogP contribution >= 0.6 is 0 Å². The van der Waals surface area contributed by atoms with Gasteiger partial charge in [-0.05, 0) is 39.4 Å². The van der Waals surface area contributed by atoms with Crippen molar-refractivity contribution in [2.24, 2.45) is 0 Å². The van der Waals surface area contributed by atoms with Crippen molar-refractivity contribution < 1.29 is 9.53 Å². The molecule has 20 heavy (non-hydrogen) atoms. The lowest BCUT2D eigenvalue weighted by Crippen LogP contribution is -2.46. The predicted molar refractivity (Wildman–Crippen MR) is 81.9 cm³/mol. The van der Waals surface area contributed by atoms with E-state index >= 15 is 0 Å². The highest BCUT2D eigenvalue weighted by molar-refractivity contribution is 5.78. The molecule has 1 rings (SSSR count). The van der Waals surface area contributed by atoms with E-state index in [2.05, 4.69) is 31.0 Å². The van der Waals surface area contributed by atoms with Crippen molar-refractivity contribution in [2.45, 2.75) is 39.7 Å². The lowest BCUT2D eigenvalue weighted by molar-refractivity contribution is -0.134. The van der Waals surface area contributed by atoms with Gasteiger partial charge in [0.1, 0.15) is 0 Å². The number of nitrogens with one attached hydrogen (secondary N) is 1. The van der Waals surface area contributed by atoms with Crippen molar-refractivity contribution in [2.75, 3.05) is 52.5 Å². The minimum absolute atomic E-state index is 0.198. The molecule has 118 valence electrons. The summed E-state index contributed by atoms with van der Waals surface area (Å²) in [5.41, 5.74) is 0. The van der Waals surface area contributed by atoms with E-state index < -0.39 is 0 Å². The molecule has 0 radical (unpaired) electrons. The second-order valence-corrected chi connectivity index (χ2v) is 5.44. The van der Waals surface area contributed by atoms with Crippen LogP contribution < -0.4 is 5.32 Å². The summed E-state index contributed by atoms with van der Waals surface area (Å²) in [7, 11) is 0. The monoisotopic (exact) mass is 285 g/mol. The van der Waals surface area contributed by atoms with Gasteiger partial charge in [0.2, 0.25) is 5.91 Å². The second kappa shape index (κ2) is 10.1. The van der Waals surface area contributed by atoms with E-state index in [1.165, 1.54) is 6.42 Å². The number of carbonyl (C=O) groups is 1. The summed E-state index contributed by atoms with van der Waals surface area (Å²) in [6, 6.07) is 0.399. The molecule has 5 nitrogen and oxygen atoms in total. The van der Waals surface area contributed by atoms with Crippen LogP contribution in [0.15, 0.2) is 0 Å². The van der Waals surface area contributed by atoms with Crippen LogP contribution in [0.2, 0.25) is 0 Å². The van der Waals surface area contributed by atoms with E-state index in [4.69, 9.17) is 4.74 Å². The quantitative estimate of drug-likeness (QED) is 0.685. The highest BCUT2D eigenvalue weighted by atomic mass is 16.5. The van der Waals surface area contributed by atoms with Gasteiger partial charge in [-0.1, -0.05) is 13.8 Å². The number of ether oxygens (including phenoxy) is 1. The number of morpholine rings is 1. The Balaban J connectivity index is 2.09. The van der Waals surface area contributed by atoms with Crippen LogP contribution in [0.25, 0.3) is 0 Å². The highest BCUT2D eigenvalue weighted by Gasteiger charge is 2.16. The molecule has 1 saturated heterocycles. The van der Waals surface area contributed by atoms with Gasteiger partial charge in [-0.3, -0.25) is 4.79 Å². The van der Waals surface area contributed by atoms with E-state index in [1.807, 2.05) is 4.90 Å². The predicted octanol–water partition coefficient (Wildman–Crippen LogP) is 0.945. The molecular weight excluding hydrogens is 254 g/mol. The van der Waals surface area contributed by atoms with E-state index in [0.717, 1.165) is 39.1 Å². The fraction of sp³-hybridized carbons (Fsp3) is 0.933. The lowest BCUT2D eigenvalue weighted by Gasteiger charge is -2.27. The minimum atomic E-state index is 0.198. The Morgan fingerprint density at radius 1 is 1.30 bits per heavy atom. The number of carbonyl (C=O) groups excluding carboxylic acids is 1. The van der Waals surface area contributed by atoms with Crippen molar-refractivity contribution in [3.05, 3.63) is 0 Å². The number of nitrogens with zero attached hydrogens (tertiary/aromatic N) is 2. The molecule has 0 saturated carbocycles. The van der Waals surface area contributed by atoms with Crippen LogP contribution in [-0.2, 0) is 9.53 Å². The molecule has 0 aromatic rings. The Hall–Kier alpha value is -0.650. The molecule has 0 bridgehead atoms. The topological polar surface area (TPSA) is 44.8 Å². The summed E-state index contributed by atoms with van der Waals surface area (Å²) in [5.74, 6) is 0.198. The third kappa shape index (κ3) is 6.68. The van der Waals surface area contributed by atoms with Gasteiger partial charge in [-0.2, -0.15) is 0 Å². The zero-order valence-electron chi connectivity index (χ0n) is 13.4. The first-order valence-corrected chi connectivity index (χ1v) is 7.98. The molecule has 0 aromatic carbocycles. The number of rotatable bonds is 9. The molecule has 1 heterocycles. The Morgan fingerprint density at radius 2 is 1.95 bits per heavy atom. The minimum Gasteiger partial charge on any atom is -0.378 e. The van der Waals surface area contributed by atoms with Gasteiger partial charge in [0.05, 0.1) is 19.8 Å². The molecule has 1 atom stereocenters. The van der Waals surface area contributed by atoms with Crippen LogP contribution in [0, 0.1) is 0 Å². The van der Waals surface area contributed by atoms with Gasteiger partial charge >= 0.3 is 0 Å². The highest BCUT2D eigenvalue weighted by Crippen LogP contribution is 2.01. The Morgan fingerprint density at radius 3 is 2.55 bits per heavy atom. The molecule has 1 fully saturated rings. The number of amides is 1. The van der Waals surface area contributed by atoms with Crippen molar-refractivity contribution in [1.82, 2.24) is 15.1 Å². The first kappa shape index (κ1) is 17.4. The standard InChI is InChI=1S/C15H31N3O2/c1-4-17(5-2)8-6-7-14(3)16-13-15(19)18-9-11-20-12-10-18/h14,16H,4-13H2,1-3H3. The van der Waals surface area contributed by atoms with Crippen LogP contribution in [0.3, 0.4) is 0 Å². The average Bonchev–Trinajstić information content (AvgIpc) is 2.50. The molecule has 5 heteroatoms. The zero-order valence-corrected chi connectivity index (χ0v) is 13.4. The first-order chi connectivity index (χ1) is 9.67. The fourth-order valence-corrected chi connectivity index (χ4v) is 2.45. The van der Waals surface area contributed by atoms with Crippen molar-refractivity contribution >= 4 is 5.91 Å². The largest absolute Gasteiger partial charge is 0.378 e. The van der Waals surface area contributed by atoms with Crippen molar-refractivity contribution in [3.8, 4) is 0 Å². The summed E-state index contributed by atoms with van der Waals surface area (Å²) >= 11 is 0. The SMILES string of the molecule is CCN(CC)CCCC(C)NCC(=O)N1CCOCC1. The normalized spacial score (nSPS) is 17.5. The van der Waals surface area contributed by atoms with E-state index in [9.17, 15) is 4.79 Å². The van der Waals surface area contributed by atoms with Crippen LogP contribution in [0.1, 0.15) is 33.6 Å². The summed E-state index contributed by atoms with van der Waals surface area (Å²) in [6.07, 6.45) is 2.30. The maximum atomic E-state index is 12.0. The molecule has 1 aliphatic heterocycles.